The molecule has 0 aliphatic heterocycles. The zero-order valence-corrected chi connectivity index (χ0v) is 12.2. The van der Waals surface area contributed by atoms with Gasteiger partial charge in [0.15, 0.2) is 0 Å². The lowest BCUT2D eigenvalue weighted by Gasteiger charge is -2.17. The molecule has 2 aromatic rings. The molecule has 1 heterocycles. The van der Waals surface area contributed by atoms with Gasteiger partial charge in [-0.15, -0.1) is 5.10 Å². The molecular weight excluding hydrogens is 289 g/mol. The number of carbonyl (C=O) groups is 1. The van der Waals surface area contributed by atoms with Crippen molar-refractivity contribution in [3.63, 3.8) is 0 Å². The van der Waals surface area contributed by atoms with Crippen molar-refractivity contribution < 1.29 is 14.3 Å². The van der Waals surface area contributed by atoms with Crippen molar-refractivity contribution in [1.82, 2.24) is 25.5 Å². The lowest BCUT2D eigenvalue weighted by molar-refractivity contribution is -0.124. The first-order chi connectivity index (χ1) is 10.6. The Labute approximate surface area is 127 Å². The number of rotatable bonds is 7. The lowest BCUT2D eigenvalue weighted by atomic mass is 10.0. The normalized spacial score (nSPS) is 12.1. The highest BCUT2D eigenvalue weighted by Gasteiger charge is 2.24. The molecule has 1 amide bonds. The van der Waals surface area contributed by atoms with Gasteiger partial charge in [0.05, 0.1) is 0 Å². The van der Waals surface area contributed by atoms with Crippen molar-refractivity contribution in [2.75, 3.05) is 13.2 Å². The number of aryl methyl sites for hydroxylation is 1. The van der Waals surface area contributed by atoms with Gasteiger partial charge >= 0.3 is 0 Å². The SMILES string of the molecule is Cc1nnnn1[C@H](Cc1cccc(F)c1)C(=O)NCCCO. The maximum absolute atomic E-state index is 13.3. The number of nitrogens with zero attached hydrogens (tertiary/aromatic N) is 4. The molecule has 0 radical (unpaired) electrons. The Morgan fingerprint density at radius 2 is 2.32 bits per heavy atom. The van der Waals surface area contributed by atoms with Crippen molar-refractivity contribution in [3.8, 4) is 0 Å². The van der Waals surface area contributed by atoms with E-state index in [9.17, 15) is 9.18 Å². The van der Waals surface area contributed by atoms with Gasteiger partial charge in [-0.3, -0.25) is 4.79 Å². The number of amides is 1. The van der Waals surface area contributed by atoms with Gasteiger partial charge in [0.2, 0.25) is 5.91 Å². The second-order valence-corrected chi connectivity index (χ2v) is 4.89. The first-order valence-electron chi connectivity index (χ1n) is 6.99. The summed E-state index contributed by atoms with van der Waals surface area (Å²) in [6.07, 6.45) is 0.738. The van der Waals surface area contributed by atoms with Gasteiger partial charge in [0.25, 0.3) is 0 Å². The summed E-state index contributed by atoms with van der Waals surface area (Å²) in [5.41, 5.74) is 0.678. The van der Waals surface area contributed by atoms with Crippen LogP contribution in [-0.4, -0.2) is 44.4 Å². The number of carbonyl (C=O) groups excluding carboxylic acids is 1. The second kappa shape index (κ2) is 7.60. The summed E-state index contributed by atoms with van der Waals surface area (Å²) in [4.78, 5) is 12.4. The lowest BCUT2D eigenvalue weighted by Crippen LogP contribution is -2.35. The van der Waals surface area contributed by atoms with E-state index in [2.05, 4.69) is 20.8 Å². The van der Waals surface area contributed by atoms with E-state index in [1.54, 1.807) is 19.1 Å². The highest BCUT2D eigenvalue weighted by atomic mass is 19.1. The summed E-state index contributed by atoms with van der Waals surface area (Å²) in [5, 5.41) is 22.7. The number of hydrogen-bond donors (Lipinski definition) is 2. The molecule has 118 valence electrons. The summed E-state index contributed by atoms with van der Waals surface area (Å²) < 4.78 is 14.7. The molecule has 0 saturated carbocycles. The molecule has 22 heavy (non-hydrogen) atoms. The predicted octanol–water partition coefficient (Wildman–Crippen LogP) is 0.403. The first-order valence-corrected chi connectivity index (χ1v) is 6.99. The van der Waals surface area contributed by atoms with Gasteiger partial charge in [-0.1, -0.05) is 12.1 Å². The molecule has 0 saturated heterocycles. The van der Waals surface area contributed by atoms with Crippen LogP contribution in [0.3, 0.4) is 0 Å². The standard InChI is InChI=1S/C14H18FN5O2/c1-10-17-18-19-20(10)13(14(22)16-6-3-7-21)9-11-4-2-5-12(15)8-11/h2,4-5,8,13,21H,3,6-7,9H2,1H3,(H,16,22)/t13-/m1/s1. The number of nitrogens with one attached hydrogen (secondary N) is 1. The van der Waals surface area contributed by atoms with Crippen LogP contribution in [0.1, 0.15) is 23.9 Å². The largest absolute Gasteiger partial charge is 0.396 e. The van der Waals surface area contributed by atoms with Crippen LogP contribution in [0.15, 0.2) is 24.3 Å². The third kappa shape index (κ3) is 4.08. The number of tetrazole rings is 1. The van der Waals surface area contributed by atoms with Crippen LogP contribution in [0.5, 0.6) is 0 Å². The molecular formula is C14H18FN5O2. The van der Waals surface area contributed by atoms with E-state index in [4.69, 9.17) is 5.11 Å². The number of aliphatic hydroxyl groups excluding tert-OH is 1. The summed E-state index contributed by atoms with van der Waals surface area (Å²) in [7, 11) is 0. The van der Waals surface area contributed by atoms with Crippen molar-refractivity contribution in [1.29, 1.82) is 0 Å². The van der Waals surface area contributed by atoms with Gasteiger partial charge in [-0.25, -0.2) is 9.07 Å². The highest BCUT2D eigenvalue weighted by molar-refractivity contribution is 5.80. The van der Waals surface area contributed by atoms with Crippen LogP contribution in [0, 0.1) is 12.7 Å². The summed E-state index contributed by atoms with van der Waals surface area (Å²) >= 11 is 0. The molecule has 2 N–H and O–H groups in total. The molecule has 1 aromatic heterocycles. The van der Waals surface area contributed by atoms with Crippen LogP contribution >= 0.6 is 0 Å². The fraction of sp³-hybridized carbons (Fsp3) is 0.429. The maximum Gasteiger partial charge on any atom is 0.245 e. The van der Waals surface area contributed by atoms with Gasteiger partial charge in [0, 0.05) is 19.6 Å². The van der Waals surface area contributed by atoms with Crippen molar-refractivity contribution in [2.24, 2.45) is 0 Å². The van der Waals surface area contributed by atoms with Crippen LogP contribution in [0.2, 0.25) is 0 Å². The number of aromatic nitrogens is 4. The minimum absolute atomic E-state index is 0.00124. The Hall–Kier alpha value is -2.35. The van der Waals surface area contributed by atoms with Gasteiger partial charge in [0.1, 0.15) is 17.7 Å². The van der Waals surface area contributed by atoms with E-state index in [1.807, 2.05) is 0 Å². The Balaban J connectivity index is 2.18. The molecule has 0 aliphatic carbocycles. The fourth-order valence-electron chi connectivity index (χ4n) is 2.11. The quantitative estimate of drug-likeness (QED) is 0.722. The average Bonchev–Trinajstić information content (AvgIpc) is 2.91. The third-order valence-electron chi connectivity index (χ3n) is 3.21. The molecule has 0 bridgehead atoms. The molecule has 0 aliphatic rings. The summed E-state index contributed by atoms with van der Waals surface area (Å²) in [6.45, 7) is 2.05. The zero-order valence-electron chi connectivity index (χ0n) is 12.2. The van der Waals surface area contributed by atoms with Crippen LogP contribution in [0.25, 0.3) is 0 Å². The van der Waals surface area contributed by atoms with E-state index in [0.29, 0.717) is 24.4 Å². The van der Waals surface area contributed by atoms with E-state index in [-0.39, 0.29) is 24.8 Å². The van der Waals surface area contributed by atoms with Crippen molar-refractivity contribution in [3.05, 3.63) is 41.5 Å². The number of halogens is 1. The van der Waals surface area contributed by atoms with Gasteiger partial charge < -0.3 is 10.4 Å². The van der Waals surface area contributed by atoms with E-state index < -0.39 is 6.04 Å². The zero-order chi connectivity index (χ0) is 15.9. The summed E-state index contributed by atoms with van der Waals surface area (Å²) in [6, 6.07) is 5.40. The molecule has 0 spiro atoms. The molecule has 0 unspecified atom stereocenters. The predicted molar refractivity (Wildman–Crippen MR) is 76.4 cm³/mol. The third-order valence-corrected chi connectivity index (χ3v) is 3.21. The smallest absolute Gasteiger partial charge is 0.245 e. The van der Waals surface area contributed by atoms with E-state index in [0.717, 1.165) is 0 Å². The Kier molecular flexibility index (Phi) is 5.54. The van der Waals surface area contributed by atoms with Gasteiger partial charge in [-0.2, -0.15) is 0 Å². The maximum atomic E-state index is 13.3. The minimum Gasteiger partial charge on any atom is -0.396 e. The van der Waals surface area contributed by atoms with E-state index in [1.165, 1.54) is 16.8 Å². The monoisotopic (exact) mass is 307 g/mol. The number of benzene rings is 1. The Morgan fingerprint density at radius 1 is 1.50 bits per heavy atom. The summed E-state index contributed by atoms with van der Waals surface area (Å²) in [5.74, 6) is -0.128. The van der Waals surface area contributed by atoms with Crippen LogP contribution in [0.4, 0.5) is 4.39 Å². The molecule has 2 rings (SSSR count). The van der Waals surface area contributed by atoms with E-state index >= 15 is 0 Å². The Bertz CT molecular complexity index is 631. The van der Waals surface area contributed by atoms with Crippen molar-refractivity contribution >= 4 is 5.91 Å². The van der Waals surface area contributed by atoms with Crippen LogP contribution < -0.4 is 5.32 Å². The fourth-order valence-corrected chi connectivity index (χ4v) is 2.11. The molecule has 0 fully saturated rings. The topological polar surface area (TPSA) is 92.9 Å². The molecule has 1 aromatic carbocycles. The molecule has 1 atom stereocenters. The Morgan fingerprint density at radius 3 is 2.95 bits per heavy atom. The van der Waals surface area contributed by atoms with Crippen LogP contribution in [-0.2, 0) is 11.2 Å². The molecule has 7 nitrogen and oxygen atoms in total. The van der Waals surface area contributed by atoms with Gasteiger partial charge in [-0.05, 0) is 41.5 Å². The first kappa shape index (κ1) is 16.0. The molecule has 8 heteroatoms. The number of hydrogen-bond acceptors (Lipinski definition) is 5. The number of aliphatic hydroxyl groups is 1. The highest BCUT2D eigenvalue weighted by Crippen LogP contribution is 2.16. The minimum atomic E-state index is -0.671. The average molecular weight is 307 g/mol. The second-order valence-electron chi connectivity index (χ2n) is 4.89. The van der Waals surface area contributed by atoms with Crippen molar-refractivity contribution in [2.45, 2.75) is 25.8 Å².